The topological polar surface area (TPSA) is 7.76 Å². The molecule has 6 heteroatoms. The SMILES string of the molecule is C[n+]1ccccc1C1=C([Si](C)(C)C)[C@@H](c2cccc[n+]2C)[C@@H]1[Si](C)(C)C.[I-].[I-]. The molecule has 1 aliphatic carbocycles. The Labute approximate surface area is 207 Å². The molecule has 0 radical (unpaired) electrons. The van der Waals surface area contributed by atoms with E-state index in [1.54, 1.807) is 10.8 Å². The highest BCUT2D eigenvalue weighted by molar-refractivity contribution is 6.87. The van der Waals surface area contributed by atoms with Crippen molar-refractivity contribution in [3.05, 3.63) is 65.4 Å². The smallest absolute Gasteiger partial charge is 0.207 e. The molecular formula is C22H34I2N2Si2. The molecule has 0 saturated heterocycles. The lowest BCUT2D eigenvalue weighted by molar-refractivity contribution is -0.680. The van der Waals surface area contributed by atoms with Crippen molar-refractivity contribution < 1.29 is 57.1 Å². The molecule has 0 aliphatic heterocycles. The fourth-order valence-corrected chi connectivity index (χ4v) is 9.81. The summed E-state index contributed by atoms with van der Waals surface area (Å²) in [6.45, 7) is 15.2. The van der Waals surface area contributed by atoms with Gasteiger partial charge in [0, 0.05) is 35.4 Å². The Balaban J connectivity index is 0.00000196. The molecule has 2 nitrogen and oxygen atoms in total. The van der Waals surface area contributed by atoms with E-state index in [4.69, 9.17) is 0 Å². The highest BCUT2D eigenvalue weighted by atomic mass is 127. The summed E-state index contributed by atoms with van der Waals surface area (Å²) in [6, 6.07) is 13.3. The maximum Gasteiger partial charge on any atom is 0.207 e. The Morgan fingerprint density at radius 2 is 1.29 bits per heavy atom. The van der Waals surface area contributed by atoms with E-state index < -0.39 is 16.1 Å². The molecule has 0 aromatic carbocycles. The van der Waals surface area contributed by atoms with Crippen molar-refractivity contribution in [2.24, 2.45) is 14.1 Å². The molecule has 1 aliphatic rings. The van der Waals surface area contributed by atoms with Gasteiger partial charge in [-0.05, 0) is 6.07 Å². The Bertz CT molecular complexity index is 867. The van der Waals surface area contributed by atoms with Crippen LogP contribution in [0.25, 0.3) is 5.57 Å². The monoisotopic (exact) mass is 636 g/mol. The largest absolute Gasteiger partial charge is 1.00 e. The van der Waals surface area contributed by atoms with Crippen LogP contribution in [0.2, 0.25) is 44.8 Å². The van der Waals surface area contributed by atoms with E-state index >= 15 is 0 Å². The third-order valence-corrected chi connectivity index (χ3v) is 10.4. The first-order valence-corrected chi connectivity index (χ1v) is 16.8. The third kappa shape index (κ3) is 4.80. The minimum absolute atomic E-state index is 0. The molecule has 0 amide bonds. The van der Waals surface area contributed by atoms with Crippen molar-refractivity contribution >= 4 is 21.7 Å². The second-order valence-corrected chi connectivity index (χ2v) is 20.2. The van der Waals surface area contributed by atoms with Crippen LogP contribution in [0.15, 0.2) is 54.0 Å². The summed E-state index contributed by atoms with van der Waals surface area (Å²) in [4.78, 5) is 0. The molecule has 0 N–H and O–H groups in total. The predicted octanol–water partition coefficient (Wildman–Crippen LogP) is -1.52. The van der Waals surface area contributed by atoms with Crippen molar-refractivity contribution in [1.82, 2.24) is 0 Å². The Morgan fingerprint density at radius 3 is 1.75 bits per heavy atom. The van der Waals surface area contributed by atoms with Gasteiger partial charge in [0.1, 0.15) is 14.1 Å². The lowest BCUT2D eigenvalue weighted by atomic mass is 9.80. The van der Waals surface area contributed by atoms with E-state index in [0.29, 0.717) is 11.5 Å². The Kier molecular flexibility index (Phi) is 8.70. The number of rotatable bonds is 4. The fourth-order valence-electron chi connectivity index (χ4n) is 4.65. The molecule has 28 heavy (non-hydrogen) atoms. The average Bonchev–Trinajstić information content (AvgIpc) is 2.47. The molecule has 0 saturated carbocycles. The normalized spacial score (nSPS) is 19.4. The van der Waals surface area contributed by atoms with E-state index in [1.165, 1.54) is 11.4 Å². The zero-order valence-electron chi connectivity index (χ0n) is 18.4. The van der Waals surface area contributed by atoms with Crippen LogP contribution in [0.4, 0.5) is 0 Å². The maximum atomic E-state index is 2.54. The summed E-state index contributed by atoms with van der Waals surface area (Å²) in [5.74, 6) is 0.578. The number of aromatic nitrogens is 2. The first-order valence-electron chi connectivity index (χ1n) is 9.67. The van der Waals surface area contributed by atoms with E-state index in [2.05, 4.69) is 111 Å². The van der Waals surface area contributed by atoms with Gasteiger partial charge in [0.15, 0.2) is 18.1 Å². The van der Waals surface area contributed by atoms with Gasteiger partial charge in [-0.3, -0.25) is 0 Å². The molecule has 2 aromatic heterocycles. The molecule has 0 unspecified atom stereocenters. The summed E-state index contributed by atoms with van der Waals surface area (Å²) in [6.07, 6.45) is 4.40. The Hall–Kier alpha value is -0.0662. The first kappa shape index (κ1) is 26.0. The van der Waals surface area contributed by atoms with Crippen LogP contribution in [0.1, 0.15) is 17.3 Å². The van der Waals surface area contributed by atoms with E-state index in [1.807, 2.05) is 0 Å². The fraction of sp³-hybridized carbons (Fsp3) is 0.455. The van der Waals surface area contributed by atoms with Crippen molar-refractivity contribution in [2.45, 2.75) is 50.7 Å². The van der Waals surface area contributed by atoms with Gasteiger partial charge >= 0.3 is 0 Å². The van der Waals surface area contributed by atoms with Gasteiger partial charge in [0.2, 0.25) is 5.69 Å². The van der Waals surface area contributed by atoms with Gasteiger partial charge < -0.3 is 48.0 Å². The lowest BCUT2D eigenvalue weighted by Crippen LogP contribution is -3.00. The molecule has 0 bridgehead atoms. The van der Waals surface area contributed by atoms with Crippen LogP contribution >= 0.6 is 0 Å². The number of hydrogen-bond donors (Lipinski definition) is 0. The van der Waals surface area contributed by atoms with Gasteiger partial charge in [-0.1, -0.05) is 50.5 Å². The molecule has 3 rings (SSSR count). The van der Waals surface area contributed by atoms with Crippen LogP contribution < -0.4 is 57.1 Å². The second kappa shape index (κ2) is 9.38. The number of nitrogens with zero attached hydrogens (tertiary/aromatic N) is 2. The van der Waals surface area contributed by atoms with E-state index in [0.717, 1.165) is 0 Å². The minimum atomic E-state index is -1.46. The quantitative estimate of drug-likeness (QED) is 0.219. The van der Waals surface area contributed by atoms with Gasteiger partial charge in [-0.25, -0.2) is 9.13 Å². The minimum Gasteiger partial charge on any atom is -1.00 e. The van der Waals surface area contributed by atoms with Crippen molar-refractivity contribution in [1.29, 1.82) is 0 Å². The van der Waals surface area contributed by atoms with Crippen LogP contribution in [0.5, 0.6) is 0 Å². The summed E-state index contributed by atoms with van der Waals surface area (Å²) < 4.78 is 4.67. The number of hydrogen-bond acceptors (Lipinski definition) is 0. The lowest BCUT2D eigenvalue weighted by Gasteiger charge is -2.49. The van der Waals surface area contributed by atoms with E-state index in [-0.39, 0.29) is 48.0 Å². The van der Waals surface area contributed by atoms with Crippen molar-refractivity contribution in [2.75, 3.05) is 0 Å². The summed E-state index contributed by atoms with van der Waals surface area (Å²) >= 11 is 0. The number of halogens is 2. The molecule has 0 spiro atoms. The van der Waals surface area contributed by atoms with Gasteiger partial charge in [0.05, 0.1) is 22.1 Å². The van der Waals surface area contributed by atoms with Crippen molar-refractivity contribution in [3.8, 4) is 0 Å². The van der Waals surface area contributed by atoms with E-state index in [9.17, 15) is 0 Å². The average molecular weight is 637 g/mol. The molecular weight excluding hydrogens is 602 g/mol. The maximum absolute atomic E-state index is 2.54. The Morgan fingerprint density at radius 1 is 0.750 bits per heavy atom. The molecule has 154 valence electrons. The summed E-state index contributed by atoms with van der Waals surface area (Å²) in [5, 5.41) is 1.76. The summed E-state index contributed by atoms with van der Waals surface area (Å²) in [5.41, 5.74) is 5.25. The zero-order chi connectivity index (χ0) is 19.3. The van der Waals surface area contributed by atoms with Gasteiger partial charge in [0.25, 0.3) is 0 Å². The third-order valence-electron chi connectivity index (χ3n) is 5.73. The van der Waals surface area contributed by atoms with Gasteiger partial charge in [-0.2, -0.15) is 0 Å². The number of allylic oxidation sites excluding steroid dienone is 2. The highest BCUT2D eigenvalue weighted by Crippen LogP contribution is 2.61. The van der Waals surface area contributed by atoms with Crippen LogP contribution in [0, 0.1) is 0 Å². The molecule has 2 aromatic rings. The van der Waals surface area contributed by atoms with Crippen LogP contribution in [-0.2, 0) is 14.1 Å². The highest BCUT2D eigenvalue weighted by Gasteiger charge is 2.56. The van der Waals surface area contributed by atoms with Crippen LogP contribution in [-0.4, -0.2) is 16.1 Å². The second-order valence-electron chi connectivity index (χ2n) is 9.83. The zero-order valence-corrected chi connectivity index (χ0v) is 24.7. The first-order chi connectivity index (χ1) is 12.0. The molecule has 0 fully saturated rings. The van der Waals surface area contributed by atoms with Gasteiger partial charge in [-0.15, -0.1) is 0 Å². The number of aryl methyl sites for hydroxylation is 2. The molecule has 2 heterocycles. The molecule has 2 atom stereocenters. The van der Waals surface area contributed by atoms with Crippen LogP contribution in [0.3, 0.4) is 0 Å². The predicted molar refractivity (Wildman–Crippen MR) is 115 cm³/mol. The van der Waals surface area contributed by atoms with Crippen molar-refractivity contribution in [3.63, 3.8) is 0 Å². The number of pyridine rings is 2. The summed E-state index contributed by atoms with van der Waals surface area (Å²) in [7, 11) is 1.55. The standard InChI is InChI=1S/C22H34N2Si2.2HI/c1-23-15-11-9-13-17(23)19-21(25(3,4)5)20(22(19)26(6,7)8)18-14-10-12-16-24(18)2;;/h9-16,19,21H,1-8H3;2*1H/q+2;;/p-2/t19-,21-;;/m0../s1.